The molecule has 0 aliphatic rings. The molecule has 0 amide bonds. The lowest BCUT2D eigenvalue weighted by Gasteiger charge is -2.32. The Hall–Kier alpha value is -0.900. The lowest BCUT2D eigenvalue weighted by atomic mass is 9.98. The minimum Gasteiger partial charge on any atom is -0.392 e. The van der Waals surface area contributed by atoms with Crippen LogP contribution in [0.1, 0.15) is 31.0 Å². The second-order valence-corrected chi connectivity index (χ2v) is 5.01. The van der Waals surface area contributed by atoms with Gasteiger partial charge in [0.15, 0.2) is 0 Å². The minimum atomic E-state index is -0.342. The maximum absolute atomic E-state index is 9.47. The maximum atomic E-state index is 9.47. The van der Waals surface area contributed by atoms with Crippen molar-refractivity contribution < 1.29 is 5.11 Å². The molecule has 3 N–H and O–H groups in total. The van der Waals surface area contributed by atoms with Crippen molar-refractivity contribution in [3.8, 4) is 0 Å². The van der Waals surface area contributed by atoms with Crippen molar-refractivity contribution in [1.29, 1.82) is 0 Å². The maximum Gasteiger partial charge on any atom is 0.0639 e. The quantitative estimate of drug-likeness (QED) is 0.818. The van der Waals surface area contributed by atoms with Crippen molar-refractivity contribution in [2.24, 2.45) is 5.73 Å². The number of rotatable bonds is 5. The third kappa shape index (κ3) is 4.11. The number of hydrogen-bond donors (Lipinski definition) is 2. The number of aliphatic hydroxyl groups excluding tert-OH is 1. The molecule has 0 radical (unpaired) electrons. The van der Waals surface area contributed by atoms with Crippen molar-refractivity contribution in [2.45, 2.75) is 39.0 Å². The zero-order chi connectivity index (χ0) is 13.0. The molecular weight excluding hydrogens is 212 g/mol. The SMILES string of the molecule is Cc1cccc(C(C(C)N)N(C)CC(C)O)c1. The van der Waals surface area contributed by atoms with Crippen LogP contribution >= 0.6 is 0 Å². The zero-order valence-electron chi connectivity index (χ0n) is 11.2. The van der Waals surface area contributed by atoms with Crippen molar-refractivity contribution in [3.05, 3.63) is 35.4 Å². The van der Waals surface area contributed by atoms with Crippen molar-refractivity contribution >= 4 is 0 Å². The van der Waals surface area contributed by atoms with Gasteiger partial charge in [-0.3, -0.25) is 4.90 Å². The zero-order valence-corrected chi connectivity index (χ0v) is 11.2. The van der Waals surface area contributed by atoms with Gasteiger partial charge in [0.05, 0.1) is 6.10 Å². The Balaban J connectivity index is 2.93. The Labute approximate surface area is 104 Å². The van der Waals surface area contributed by atoms with Gasteiger partial charge < -0.3 is 10.8 Å². The van der Waals surface area contributed by atoms with Gasteiger partial charge in [0.25, 0.3) is 0 Å². The van der Waals surface area contributed by atoms with Gasteiger partial charge in [-0.2, -0.15) is 0 Å². The lowest BCUT2D eigenvalue weighted by Crippen LogP contribution is -2.40. The molecule has 3 unspecified atom stereocenters. The van der Waals surface area contributed by atoms with Crippen LogP contribution in [0.5, 0.6) is 0 Å². The summed E-state index contributed by atoms with van der Waals surface area (Å²) in [5.74, 6) is 0. The predicted molar refractivity (Wildman–Crippen MR) is 71.9 cm³/mol. The van der Waals surface area contributed by atoms with Crippen LogP contribution in [0.15, 0.2) is 24.3 Å². The monoisotopic (exact) mass is 236 g/mol. The number of likely N-dealkylation sites (N-methyl/N-ethyl adjacent to an activating group) is 1. The summed E-state index contributed by atoms with van der Waals surface area (Å²) in [5, 5.41) is 9.47. The molecule has 0 aliphatic carbocycles. The van der Waals surface area contributed by atoms with E-state index in [0.29, 0.717) is 6.54 Å². The molecule has 1 aromatic rings. The highest BCUT2D eigenvalue weighted by Gasteiger charge is 2.21. The van der Waals surface area contributed by atoms with E-state index in [1.165, 1.54) is 11.1 Å². The highest BCUT2D eigenvalue weighted by Crippen LogP contribution is 2.23. The van der Waals surface area contributed by atoms with E-state index in [1.807, 2.05) is 14.0 Å². The van der Waals surface area contributed by atoms with Gasteiger partial charge in [0.1, 0.15) is 0 Å². The number of aliphatic hydroxyl groups is 1. The van der Waals surface area contributed by atoms with Crippen LogP contribution in [0.2, 0.25) is 0 Å². The Morgan fingerprint density at radius 3 is 2.47 bits per heavy atom. The standard InChI is InChI=1S/C14H24N2O/c1-10-6-5-7-13(8-10)14(12(3)15)16(4)9-11(2)17/h5-8,11-12,14,17H,9,15H2,1-4H3. The first-order valence-corrected chi connectivity index (χ1v) is 6.12. The molecule has 3 atom stereocenters. The van der Waals surface area contributed by atoms with Crippen LogP contribution in [0, 0.1) is 6.92 Å². The summed E-state index contributed by atoms with van der Waals surface area (Å²) >= 11 is 0. The van der Waals surface area contributed by atoms with E-state index in [9.17, 15) is 5.11 Å². The van der Waals surface area contributed by atoms with Crippen LogP contribution in [0.3, 0.4) is 0 Å². The van der Waals surface area contributed by atoms with E-state index in [1.54, 1.807) is 6.92 Å². The number of nitrogens with zero attached hydrogens (tertiary/aromatic N) is 1. The van der Waals surface area contributed by atoms with Crippen LogP contribution in [-0.2, 0) is 0 Å². The highest BCUT2D eigenvalue weighted by molar-refractivity contribution is 5.26. The third-order valence-corrected chi connectivity index (χ3v) is 2.91. The fourth-order valence-corrected chi connectivity index (χ4v) is 2.34. The molecule has 0 saturated carbocycles. The van der Waals surface area contributed by atoms with Gasteiger partial charge in [0.2, 0.25) is 0 Å². The number of benzene rings is 1. The van der Waals surface area contributed by atoms with Gasteiger partial charge in [-0.1, -0.05) is 29.8 Å². The summed E-state index contributed by atoms with van der Waals surface area (Å²) in [7, 11) is 2.00. The van der Waals surface area contributed by atoms with E-state index in [2.05, 4.69) is 36.1 Å². The van der Waals surface area contributed by atoms with E-state index in [4.69, 9.17) is 5.73 Å². The Morgan fingerprint density at radius 1 is 1.35 bits per heavy atom. The highest BCUT2D eigenvalue weighted by atomic mass is 16.3. The largest absolute Gasteiger partial charge is 0.392 e. The predicted octanol–water partition coefficient (Wildman–Crippen LogP) is 1.70. The second kappa shape index (κ2) is 6.15. The second-order valence-electron chi connectivity index (χ2n) is 5.01. The number of aryl methyl sites for hydroxylation is 1. The Bertz CT molecular complexity index is 350. The molecule has 3 nitrogen and oxygen atoms in total. The first-order valence-electron chi connectivity index (χ1n) is 6.12. The minimum absolute atomic E-state index is 0.0283. The molecule has 17 heavy (non-hydrogen) atoms. The van der Waals surface area contributed by atoms with E-state index >= 15 is 0 Å². The fraction of sp³-hybridized carbons (Fsp3) is 0.571. The van der Waals surface area contributed by atoms with Gasteiger partial charge in [-0.05, 0) is 33.4 Å². The van der Waals surface area contributed by atoms with Crippen LogP contribution in [-0.4, -0.2) is 35.7 Å². The van der Waals surface area contributed by atoms with Crippen molar-refractivity contribution in [2.75, 3.05) is 13.6 Å². The van der Waals surface area contributed by atoms with Gasteiger partial charge in [-0.15, -0.1) is 0 Å². The molecule has 1 rings (SSSR count). The molecule has 0 saturated heterocycles. The third-order valence-electron chi connectivity index (χ3n) is 2.91. The molecule has 1 aromatic carbocycles. The summed E-state index contributed by atoms with van der Waals surface area (Å²) in [6.45, 7) is 6.51. The average molecular weight is 236 g/mol. The van der Waals surface area contributed by atoms with Crippen molar-refractivity contribution in [1.82, 2.24) is 4.90 Å². The molecular formula is C14H24N2O. The van der Waals surface area contributed by atoms with E-state index in [0.717, 1.165) is 0 Å². The normalized spacial score (nSPS) is 16.9. The first-order chi connectivity index (χ1) is 7.91. The Morgan fingerprint density at radius 2 is 2.00 bits per heavy atom. The van der Waals surface area contributed by atoms with Crippen LogP contribution in [0.4, 0.5) is 0 Å². The summed E-state index contributed by atoms with van der Waals surface area (Å²) in [4.78, 5) is 2.12. The molecule has 0 aliphatic heterocycles. The molecule has 0 spiro atoms. The summed E-state index contributed by atoms with van der Waals surface area (Å²) in [5.41, 5.74) is 8.52. The van der Waals surface area contributed by atoms with Crippen LogP contribution < -0.4 is 5.73 Å². The number of hydrogen-bond acceptors (Lipinski definition) is 3. The van der Waals surface area contributed by atoms with E-state index in [-0.39, 0.29) is 18.2 Å². The molecule has 0 fully saturated rings. The van der Waals surface area contributed by atoms with Gasteiger partial charge in [-0.25, -0.2) is 0 Å². The fourth-order valence-electron chi connectivity index (χ4n) is 2.34. The lowest BCUT2D eigenvalue weighted by molar-refractivity contribution is 0.110. The van der Waals surface area contributed by atoms with Gasteiger partial charge in [0, 0.05) is 18.6 Å². The smallest absolute Gasteiger partial charge is 0.0639 e. The van der Waals surface area contributed by atoms with Crippen molar-refractivity contribution in [3.63, 3.8) is 0 Å². The molecule has 0 bridgehead atoms. The topological polar surface area (TPSA) is 49.5 Å². The average Bonchev–Trinajstić information content (AvgIpc) is 2.15. The number of nitrogens with two attached hydrogens (primary N) is 1. The molecule has 96 valence electrons. The van der Waals surface area contributed by atoms with Gasteiger partial charge >= 0.3 is 0 Å². The summed E-state index contributed by atoms with van der Waals surface area (Å²) < 4.78 is 0. The molecule has 0 heterocycles. The summed E-state index contributed by atoms with van der Waals surface area (Å²) in [6, 6.07) is 8.56. The van der Waals surface area contributed by atoms with E-state index < -0.39 is 0 Å². The molecule has 3 heteroatoms. The van der Waals surface area contributed by atoms with Crippen LogP contribution in [0.25, 0.3) is 0 Å². The first kappa shape index (κ1) is 14.2. The summed E-state index contributed by atoms with van der Waals surface area (Å²) in [6.07, 6.45) is -0.342. The Kier molecular flexibility index (Phi) is 5.12. The molecule has 0 aromatic heterocycles.